The molecule has 2 rings (SSSR count). The third-order valence-corrected chi connectivity index (χ3v) is 3.59. The van der Waals surface area contributed by atoms with Crippen molar-refractivity contribution in [3.8, 4) is 0 Å². The monoisotopic (exact) mass is 238 g/mol. The van der Waals surface area contributed by atoms with Crippen LogP contribution < -0.4 is 24.2 Å². The normalized spacial score (nSPS) is 17.4. The van der Waals surface area contributed by atoms with Crippen LogP contribution in [0.4, 0.5) is 0 Å². The van der Waals surface area contributed by atoms with Crippen LogP contribution >= 0.6 is 0 Å². The number of hydrogen-bond donors (Lipinski definition) is 1. The molecule has 2 nitrogen and oxygen atoms in total. The van der Waals surface area contributed by atoms with Crippen molar-refractivity contribution in [2.24, 2.45) is 0 Å². The Bertz CT molecular complexity index is 308. The van der Waals surface area contributed by atoms with Crippen molar-refractivity contribution in [2.75, 3.05) is 26.2 Å². The van der Waals surface area contributed by atoms with E-state index in [1.165, 1.54) is 31.5 Å². The van der Waals surface area contributed by atoms with E-state index in [9.17, 15) is 0 Å². The molecule has 94 valence electrons. The van der Waals surface area contributed by atoms with Crippen LogP contribution in [0.3, 0.4) is 0 Å². The molecular weight excluding hydrogens is 215 g/mol. The smallest absolute Gasteiger partial charge is 0.333 e. The van der Waals surface area contributed by atoms with Gasteiger partial charge in [0.25, 0.3) is 0 Å². The van der Waals surface area contributed by atoms with Crippen LogP contribution in [-0.4, -0.2) is 37.1 Å². The molecule has 0 spiro atoms. The second-order valence-electron chi connectivity index (χ2n) is 4.81. The van der Waals surface area contributed by atoms with Crippen molar-refractivity contribution in [1.29, 1.82) is 0 Å². The van der Waals surface area contributed by atoms with Gasteiger partial charge in [0.05, 0.1) is 0 Å². The molecule has 0 radical (unpaired) electrons. The van der Waals surface area contributed by atoms with E-state index in [1.807, 2.05) is 0 Å². The van der Waals surface area contributed by atoms with E-state index < -0.39 is 0 Å². The average molecular weight is 238 g/mol. The van der Waals surface area contributed by atoms with Crippen LogP contribution in [0, 0.1) is 6.92 Å². The number of likely N-dealkylation sites (tertiary alicyclic amines) is 1. The zero-order valence-corrected chi connectivity index (χ0v) is 11.6. The first-order valence-electron chi connectivity index (χ1n) is 6.67. The van der Waals surface area contributed by atoms with Gasteiger partial charge in [0.15, 0.2) is 0 Å². The van der Waals surface area contributed by atoms with Gasteiger partial charge in [0.1, 0.15) is 0 Å². The zero-order valence-electron chi connectivity index (χ0n) is 11.6. The molecular formula is C15H23LiN2. The van der Waals surface area contributed by atoms with Crippen molar-refractivity contribution in [2.45, 2.75) is 25.3 Å². The molecule has 1 fully saturated rings. The van der Waals surface area contributed by atoms with Crippen LogP contribution in [0.25, 0.3) is 0 Å². The molecule has 1 aromatic rings. The summed E-state index contributed by atoms with van der Waals surface area (Å²) < 4.78 is 0. The third kappa shape index (κ3) is 5.16. The van der Waals surface area contributed by atoms with Gasteiger partial charge in [-0.25, -0.2) is 0 Å². The second-order valence-corrected chi connectivity index (χ2v) is 4.81. The summed E-state index contributed by atoms with van der Waals surface area (Å²) in [6.07, 6.45) is 3.67. The zero-order chi connectivity index (χ0) is 11.9. The molecule has 1 saturated heterocycles. The standard InChI is InChI=1S/C15H23N2.Li/c1-2-17-12-9-15(10-13-17)16-11-8-14-6-4-3-5-7-14;/h3-7,15-16H,1-2,8-13H2;/q-1;+1. The first kappa shape index (κ1) is 15.8. The van der Waals surface area contributed by atoms with Crippen molar-refractivity contribution in [3.63, 3.8) is 0 Å². The minimum absolute atomic E-state index is 0. The Morgan fingerprint density at radius 1 is 1.17 bits per heavy atom. The molecule has 3 heteroatoms. The fourth-order valence-corrected chi connectivity index (χ4v) is 2.43. The third-order valence-electron chi connectivity index (χ3n) is 3.59. The largest absolute Gasteiger partial charge is 1.00 e. The maximum atomic E-state index is 3.94. The molecule has 0 aliphatic carbocycles. The predicted molar refractivity (Wildman–Crippen MR) is 73.0 cm³/mol. The maximum absolute atomic E-state index is 3.94. The van der Waals surface area contributed by atoms with Gasteiger partial charge in [-0.15, -0.1) is 6.54 Å². The van der Waals surface area contributed by atoms with Gasteiger partial charge in [-0.05, 0) is 44.5 Å². The number of hydrogen-bond acceptors (Lipinski definition) is 2. The first-order valence-corrected chi connectivity index (χ1v) is 6.67. The summed E-state index contributed by atoms with van der Waals surface area (Å²) in [5, 5.41) is 3.67. The minimum atomic E-state index is 0. The molecule has 1 N–H and O–H groups in total. The van der Waals surface area contributed by atoms with Crippen molar-refractivity contribution >= 4 is 0 Å². The fourth-order valence-electron chi connectivity index (χ4n) is 2.43. The molecule has 1 aliphatic heterocycles. The summed E-state index contributed by atoms with van der Waals surface area (Å²) in [6.45, 7) is 8.39. The van der Waals surface area contributed by atoms with Gasteiger partial charge in [0.2, 0.25) is 0 Å². The summed E-state index contributed by atoms with van der Waals surface area (Å²) in [5.74, 6) is 0. The van der Waals surface area contributed by atoms with Crippen LogP contribution in [0.15, 0.2) is 30.3 Å². The number of piperidine rings is 1. The second kappa shape index (κ2) is 8.77. The molecule has 0 amide bonds. The van der Waals surface area contributed by atoms with Crippen LogP contribution in [0.2, 0.25) is 0 Å². The summed E-state index contributed by atoms with van der Waals surface area (Å²) in [4.78, 5) is 2.43. The molecule has 0 aromatic heterocycles. The van der Waals surface area contributed by atoms with E-state index in [4.69, 9.17) is 0 Å². The number of rotatable bonds is 5. The Labute approximate surface area is 123 Å². The van der Waals surface area contributed by atoms with Gasteiger partial charge >= 0.3 is 18.9 Å². The van der Waals surface area contributed by atoms with Gasteiger partial charge in [-0.1, -0.05) is 30.3 Å². The van der Waals surface area contributed by atoms with E-state index in [0.29, 0.717) is 6.04 Å². The van der Waals surface area contributed by atoms with Crippen molar-refractivity contribution < 1.29 is 18.9 Å². The summed E-state index contributed by atoms with van der Waals surface area (Å²) >= 11 is 0. The van der Waals surface area contributed by atoms with E-state index in [0.717, 1.165) is 19.5 Å². The SMILES string of the molecule is [CH2-]CN1CCC(NCCc2ccccc2)CC1.[Li+]. The van der Waals surface area contributed by atoms with E-state index in [1.54, 1.807) is 0 Å². The number of benzene rings is 1. The fraction of sp³-hybridized carbons (Fsp3) is 0.533. The quantitative estimate of drug-likeness (QED) is 0.529. The Morgan fingerprint density at radius 3 is 2.44 bits per heavy atom. The molecule has 0 saturated carbocycles. The molecule has 0 bridgehead atoms. The Hall–Kier alpha value is -0.263. The summed E-state index contributed by atoms with van der Waals surface area (Å²) in [7, 11) is 0. The summed E-state index contributed by atoms with van der Waals surface area (Å²) in [6, 6.07) is 11.4. The topological polar surface area (TPSA) is 15.3 Å². The Balaban J connectivity index is 0.00000162. The van der Waals surface area contributed by atoms with E-state index >= 15 is 0 Å². The van der Waals surface area contributed by atoms with Gasteiger partial charge in [-0.3, -0.25) is 0 Å². The maximum Gasteiger partial charge on any atom is 1.00 e. The summed E-state index contributed by atoms with van der Waals surface area (Å²) in [5.41, 5.74) is 1.43. The van der Waals surface area contributed by atoms with Crippen LogP contribution in [-0.2, 0) is 6.42 Å². The molecule has 1 heterocycles. The van der Waals surface area contributed by atoms with Crippen molar-refractivity contribution in [1.82, 2.24) is 10.2 Å². The predicted octanol–water partition coefficient (Wildman–Crippen LogP) is -0.879. The Morgan fingerprint density at radius 2 is 1.83 bits per heavy atom. The molecule has 0 atom stereocenters. The molecule has 1 aliphatic rings. The van der Waals surface area contributed by atoms with Gasteiger partial charge < -0.3 is 17.1 Å². The average Bonchev–Trinajstić information content (AvgIpc) is 2.41. The minimum Gasteiger partial charge on any atom is -0.333 e. The Kier molecular flexibility index (Phi) is 7.70. The molecule has 0 unspecified atom stereocenters. The van der Waals surface area contributed by atoms with Crippen LogP contribution in [0.5, 0.6) is 0 Å². The van der Waals surface area contributed by atoms with Crippen molar-refractivity contribution in [3.05, 3.63) is 42.8 Å². The molecule has 1 aromatic carbocycles. The van der Waals surface area contributed by atoms with Crippen LogP contribution in [0.1, 0.15) is 18.4 Å². The number of nitrogens with one attached hydrogen (secondary N) is 1. The first-order chi connectivity index (χ1) is 8.38. The van der Waals surface area contributed by atoms with E-state index in [-0.39, 0.29) is 18.9 Å². The van der Waals surface area contributed by atoms with E-state index in [2.05, 4.69) is 47.5 Å². The van der Waals surface area contributed by atoms with Gasteiger partial charge in [-0.2, -0.15) is 0 Å². The number of nitrogens with zero attached hydrogens (tertiary/aromatic N) is 1. The molecule has 18 heavy (non-hydrogen) atoms. The van der Waals surface area contributed by atoms with Gasteiger partial charge in [0, 0.05) is 6.04 Å².